The number of nitrogens with one attached hydrogen (secondary N) is 1. The maximum Gasteiger partial charge on any atom is 0.324 e. The van der Waals surface area contributed by atoms with E-state index < -0.39 is 0 Å². The van der Waals surface area contributed by atoms with Crippen LogP contribution in [0.4, 0.5) is 16.2 Å². The first kappa shape index (κ1) is 21.4. The van der Waals surface area contributed by atoms with E-state index in [9.17, 15) is 9.59 Å². The fraction of sp³-hybridized carbons (Fsp3) is 0.231. The van der Waals surface area contributed by atoms with E-state index in [0.29, 0.717) is 24.5 Å². The van der Waals surface area contributed by atoms with Crippen LogP contribution in [0.2, 0.25) is 0 Å². The summed E-state index contributed by atoms with van der Waals surface area (Å²) in [6.45, 7) is 3.96. The summed E-state index contributed by atoms with van der Waals surface area (Å²) in [5.41, 5.74) is 3.74. The van der Waals surface area contributed by atoms with Crippen molar-refractivity contribution in [3.05, 3.63) is 90.0 Å². The Hall–Kier alpha value is -3.80. The SMILES string of the molecule is Cc1ccccc1CN1CCCN(c2cccc(NC(=O)COc3ccccc3)c2)C1=O. The van der Waals surface area contributed by atoms with Crippen LogP contribution in [0.25, 0.3) is 0 Å². The fourth-order valence-electron chi connectivity index (χ4n) is 3.78. The van der Waals surface area contributed by atoms with Crippen LogP contribution in [0.15, 0.2) is 78.9 Å². The van der Waals surface area contributed by atoms with E-state index in [-0.39, 0.29) is 18.5 Å². The van der Waals surface area contributed by atoms with Crippen LogP contribution in [0.3, 0.4) is 0 Å². The minimum absolute atomic E-state index is 0.0182. The molecule has 1 heterocycles. The second-order valence-corrected chi connectivity index (χ2v) is 7.84. The number of rotatable bonds is 7. The Morgan fingerprint density at radius 2 is 1.75 bits per heavy atom. The lowest BCUT2D eigenvalue weighted by Crippen LogP contribution is -2.49. The zero-order chi connectivity index (χ0) is 22.3. The summed E-state index contributed by atoms with van der Waals surface area (Å²) in [5.74, 6) is 0.390. The van der Waals surface area contributed by atoms with Gasteiger partial charge in [-0.1, -0.05) is 48.5 Å². The highest BCUT2D eigenvalue weighted by atomic mass is 16.5. The van der Waals surface area contributed by atoms with Crippen molar-refractivity contribution in [2.75, 3.05) is 29.9 Å². The van der Waals surface area contributed by atoms with Gasteiger partial charge in [0, 0.05) is 31.0 Å². The van der Waals surface area contributed by atoms with Crippen LogP contribution < -0.4 is 15.0 Å². The number of hydrogen-bond acceptors (Lipinski definition) is 3. The maximum absolute atomic E-state index is 13.2. The highest BCUT2D eigenvalue weighted by Crippen LogP contribution is 2.25. The van der Waals surface area contributed by atoms with Crippen molar-refractivity contribution >= 4 is 23.3 Å². The number of benzene rings is 3. The molecule has 3 aromatic rings. The van der Waals surface area contributed by atoms with Gasteiger partial charge < -0.3 is 15.0 Å². The van der Waals surface area contributed by atoms with Crippen LogP contribution in [-0.4, -0.2) is 36.5 Å². The van der Waals surface area contributed by atoms with E-state index in [0.717, 1.165) is 24.2 Å². The number of nitrogens with zero attached hydrogens (tertiary/aromatic N) is 2. The summed E-state index contributed by atoms with van der Waals surface area (Å²) in [6.07, 6.45) is 0.888. The lowest BCUT2D eigenvalue weighted by molar-refractivity contribution is -0.118. The molecule has 32 heavy (non-hydrogen) atoms. The molecule has 0 atom stereocenters. The number of amides is 3. The van der Waals surface area contributed by atoms with E-state index in [1.54, 1.807) is 17.0 Å². The van der Waals surface area contributed by atoms with Gasteiger partial charge in [-0.05, 0) is 54.8 Å². The van der Waals surface area contributed by atoms with Gasteiger partial charge in [-0.15, -0.1) is 0 Å². The minimum Gasteiger partial charge on any atom is -0.484 e. The number of aryl methyl sites for hydroxylation is 1. The Morgan fingerprint density at radius 3 is 2.56 bits per heavy atom. The van der Waals surface area contributed by atoms with E-state index in [4.69, 9.17) is 4.74 Å². The Kier molecular flexibility index (Phi) is 6.70. The molecule has 0 spiro atoms. The molecule has 0 bridgehead atoms. The van der Waals surface area contributed by atoms with Crippen molar-refractivity contribution in [3.63, 3.8) is 0 Å². The number of carbonyl (C=O) groups excluding carboxylic acids is 2. The molecule has 1 aliphatic rings. The van der Waals surface area contributed by atoms with Crippen molar-refractivity contribution < 1.29 is 14.3 Å². The Labute approximate surface area is 188 Å². The van der Waals surface area contributed by atoms with Gasteiger partial charge in [0.1, 0.15) is 5.75 Å². The van der Waals surface area contributed by atoms with Gasteiger partial charge in [0.05, 0.1) is 0 Å². The average molecular weight is 430 g/mol. The largest absolute Gasteiger partial charge is 0.484 e. The Morgan fingerprint density at radius 1 is 0.969 bits per heavy atom. The van der Waals surface area contributed by atoms with Gasteiger partial charge in [-0.25, -0.2) is 4.79 Å². The Bertz CT molecular complexity index is 1080. The summed E-state index contributed by atoms with van der Waals surface area (Å²) < 4.78 is 5.50. The normalized spacial score (nSPS) is 13.7. The number of urea groups is 1. The van der Waals surface area contributed by atoms with Crippen molar-refractivity contribution in [1.82, 2.24) is 4.90 Å². The molecule has 0 saturated carbocycles. The van der Waals surface area contributed by atoms with E-state index in [1.165, 1.54) is 5.56 Å². The second kappa shape index (κ2) is 10.0. The summed E-state index contributed by atoms with van der Waals surface area (Å²) in [5, 5.41) is 2.85. The van der Waals surface area contributed by atoms with Crippen LogP contribution >= 0.6 is 0 Å². The molecule has 0 unspecified atom stereocenters. The molecule has 164 valence electrons. The monoisotopic (exact) mass is 429 g/mol. The predicted octanol–water partition coefficient (Wildman–Crippen LogP) is 4.84. The first-order valence-electron chi connectivity index (χ1n) is 10.8. The van der Waals surface area contributed by atoms with E-state index in [1.807, 2.05) is 59.5 Å². The zero-order valence-electron chi connectivity index (χ0n) is 18.2. The average Bonchev–Trinajstić information content (AvgIpc) is 2.81. The highest BCUT2D eigenvalue weighted by Gasteiger charge is 2.27. The minimum atomic E-state index is -0.253. The molecule has 0 aliphatic carbocycles. The van der Waals surface area contributed by atoms with Gasteiger partial charge >= 0.3 is 6.03 Å². The van der Waals surface area contributed by atoms with E-state index in [2.05, 4.69) is 24.4 Å². The van der Waals surface area contributed by atoms with Crippen molar-refractivity contribution in [1.29, 1.82) is 0 Å². The van der Waals surface area contributed by atoms with Gasteiger partial charge in [-0.2, -0.15) is 0 Å². The smallest absolute Gasteiger partial charge is 0.324 e. The molecule has 1 fully saturated rings. The predicted molar refractivity (Wildman–Crippen MR) is 126 cm³/mol. The van der Waals surface area contributed by atoms with Gasteiger partial charge in [0.25, 0.3) is 5.91 Å². The number of anilines is 2. The third-order valence-corrected chi connectivity index (χ3v) is 5.49. The zero-order valence-corrected chi connectivity index (χ0v) is 18.2. The molecule has 1 saturated heterocycles. The summed E-state index contributed by atoms with van der Waals surface area (Å²) in [7, 11) is 0. The van der Waals surface area contributed by atoms with Crippen LogP contribution in [0.1, 0.15) is 17.5 Å². The quantitative estimate of drug-likeness (QED) is 0.584. The number of carbonyl (C=O) groups is 2. The molecular formula is C26H27N3O3. The molecule has 1 aliphatic heterocycles. The molecular weight excluding hydrogens is 402 g/mol. The van der Waals surface area contributed by atoms with Crippen LogP contribution in [0.5, 0.6) is 5.75 Å². The van der Waals surface area contributed by atoms with Crippen molar-refractivity contribution in [2.24, 2.45) is 0 Å². The van der Waals surface area contributed by atoms with Crippen molar-refractivity contribution in [3.8, 4) is 5.75 Å². The second-order valence-electron chi connectivity index (χ2n) is 7.84. The first-order chi connectivity index (χ1) is 15.6. The highest BCUT2D eigenvalue weighted by molar-refractivity contribution is 5.95. The third kappa shape index (κ3) is 5.27. The maximum atomic E-state index is 13.2. The lowest BCUT2D eigenvalue weighted by atomic mass is 10.1. The van der Waals surface area contributed by atoms with Crippen LogP contribution in [0, 0.1) is 6.92 Å². The molecule has 1 N–H and O–H groups in total. The topological polar surface area (TPSA) is 61.9 Å². The Balaban J connectivity index is 1.40. The van der Waals surface area contributed by atoms with Gasteiger partial charge in [-0.3, -0.25) is 9.69 Å². The molecule has 3 aromatic carbocycles. The molecule has 0 radical (unpaired) electrons. The fourth-order valence-corrected chi connectivity index (χ4v) is 3.78. The molecule has 6 nitrogen and oxygen atoms in total. The standard InChI is InChI=1S/C26H27N3O3/c1-20-9-5-6-10-21(20)18-28-15-8-16-29(26(28)31)23-12-7-11-22(17-23)27-25(30)19-32-24-13-3-2-4-14-24/h2-7,9-14,17H,8,15-16,18-19H2,1H3,(H,27,30). The molecule has 0 aromatic heterocycles. The molecule has 3 amide bonds. The summed E-state index contributed by atoms with van der Waals surface area (Å²) in [4.78, 5) is 29.1. The summed E-state index contributed by atoms with van der Waals surface area (Å²) >= 11 is 0. The van der Waals surface area contributed by atoms with Crippen LogP contribution in [-0.2, 0) is 11.3 Å². The third-order valence-electron chi connectivity index (χ3n) is 5.49. The van der Waals surface area contributed by atoms with Crippen molar-refractivity contribution in [2.45, 2.75) is 19.9 Å². The van der Waals surface area contributed by atoms with Gasteiger partial charge in [0.15, 0.2) is 6.61 Å². The van der Waals surface area contributed by atoms with Gasteiger partial charge in [0.2, 0.25) is 0 Å². The summed E-state index contributed by atoms with van der Waals surface area (Å²) in [6, 6.07) is 24.7. The number of ether oxygens (including phenoxy) is 1. The number of hydrogen-bond donors (Lipinski definition) is 1. The van der Waals surface area contributed by atoms with E-state index >= 15 is 0 Å². The molecule has 6 heteroatoms. The number of para-hydroxylation sites is 1. The molecule has 4 rings (SSSR count). The first-order valence-corrected chi connectivity index (χ1v) is 10.8. The lowest BCUT2D eigenvalue weighted by Gasteiger charge is -2.36.